The number of carbonyl (C=O) groups excluding carboxylic acids is 1. The molecule has 2 aliphatic heterocycles. The van der Waals surface area contributed by atoms with Crippen LogP contribution in [0.1, 0.15) is 19.3 Å². The molecule has 6 nitrogen and oxygen atoms in total. The summed E-state index contributed by atoms with van der Waals surface area (Å²) in [4.78, 5) is 24.0. The van der Waals surface area contributed by atoms with Crippen LogP contribution < -0.4 is 4.90 Å². The summed E-state index contributed by atoms with van der Waals surface area (Å²) in [7, 11) is 0. The third-order valence-electron chi connectivity index (χ3n) is 5.87. The van der Waals surface area contributed by atoms with E-state index in [1.54, 1.807) is 6.20 Å². The van der Waals surface area contributed by atoms with E-state index < -0.39 is 0 Å². The van der Waals surface area contributed by atoms with E-state index in [0.29, 0.717) is 24.7 Å². The lowest BCUT2D eigenvalue weighted by atomic mass is 9.84. The maximum Gasteiger partial charge on any atom is 0.242 e. The highest BCUT2D eigenvalue weighted by Crippen LogP contribution is 2.29. The molecule has 0 aromatic carbocycles. The Kier molecular flexibility index (Phi) is 5.62. The van der Waals surface area contributed by atoms with Gasteiger partial charge >= 0.3 is 0 Å². The van der Waals surface area contributed by atoms with E-state index in [0.717, 1.165) is 44.5 Å². The van der Waals surface area contributed by atoms with Gasteiger partial charge in [0.25, 0.3) is 0 Å². The Morgan fingerprint density at radius 3 is 2.73 bits per heavy atom. The number of nitrogens with zero attached hydrogens (tertiary/aromatic N) is 4. The molecule has 1 aromatic heterocycles. The van der Waals surface area contributed by atoms with Gasteiger partial charge in [0.2, 0.25) is 5.91 Å². The Morgan fingerprint density at radius 2 is 2.04 bits per heavy atom. The second-order valence-corrected chi connectivity index (χ2v) is 7.91. The lowest BCUT2D eigenvalue weighted by molar-refractivity contribution is -0.144. The highest BCUT2D eigenvalue weighted by atomic mass is 35.5. The molecule has 3 heterocycles. The fraction of sp³-hybridized carbons (Fsp3) is 0.684. The van der Waals surface area contributed by atoms with Crippen molar-refractivity contribution >= 4 is 23.3 Å². The zero-order chi connectivity index (χ0) is 17.9. The summed E-state index contributed by atoms with van der Waals surface area (Å²) >= 11 is 6.26. The summed E-state index contributed by atoms with van der Waals surface area (Å²) < 4.78 is 5.64. The molecule has 1 aliphatic carbocycles. The monoisotopic (exact) mass is 378 g/mol. The molecule has 0 bridgehead atoms. The molecular formula is C19H27ClN4O2. The van der Waals surface area contributed by atoms with E-state index in [4.69, 9.17) is 16.3 Å². The number of hydrogen-bond donors (Lipinski definition) is 0. The van der Waals surface area contributed by atoms with Crippen molar-refractivity contribution in [2.45, 2.75) is 25.3 Å². The molecule has 0 unspecified atom stereocenters. The number of piperazine rings is 1. The number of morpholine rings is 1. The predicted molar refractivity (Wildman–Crippen MR) is 102 cm³/mol. The molecule has 3 aliphatic rings. The summed E-state index contributed by atoms with van der Waals surface area (Å²) in [5.74, 6) is 1.80. The van der Waals surface area contributed by atoms with E-state index in [1.807, 2.05) is 17.0 Å². The molecule has 0 N–H and O–H groups in total. The highest BCUT2D eigenvalue weighted by molar-refractivity contribution is 6.32. The van der Waals surface area contributed by atoms with Crippen LogP contribution in [0.25, 0.3) is 0 Å². The van der Waals surface area contributed by atoms with Crippen LogP contribution in [-0.2, 0) is 9.53 Å². The molecule has 3 fully saturated rings. The normalized spacial score (nSPS) is 25.2. The van der Waals surface area contributed by atoms with Gasteiger partial charge in [0.15, 0.2) is 0 Å². The Bertz CT molecular complexity index is 632. The van der Waals surface area contributed by atoms with Gasteiger partial charge in [-0.1, -0.05) is 18.0 Å². The first-order valence-corrected chi connectivity index (χ1v) is 10.1. The van der Waals surface area contributed by atoms with Gasteiger partial charge in [0, 0.05) is 45.5 Å². The van der Waals surface area contributed by atoms with Crippen molar-refractivity contribution in [3.63, 3.8) is 0 Å². The maximum absolute atomic E-state index is 13.1. The van der Waals surface area contributed by atoms with Crippen molar-refractivity contribution in [3.05, 3.63) is 23.4 Å². The standard InChI is InChI=1S/C19H27ClN4O2/c20-16-5-2-6-21-18(16)22-7-9-23(10-8-22)19(25)17-14-26-12-11-24(17)13-15-3-1-4-15/h2,5-6,15,17H,1,3-4,7-14H2/t17-/m0/s1. The average molecular weight is 379 g/mol. The zero-order valence-electron chi connectivity index (χ0n) is 15.1. The summed E-state index contributed by atoms with van der Waals surface area (Å²) in [6, 6.07) is 3.58. The number of hydrogen-bond acceptors (Lipinski definition) is 5. The zero-order valence-corrected chi connectivity index (χ0v) is 15.9. The van der Waals surface area contributed by atoms with Gasteiger partial charge < -0.3 is 14.5 Å². The van der Waals surface area contributed by atoms with Crippen LogP contribution in [0.5, 0.6) is 0 Å². The summed E-state index contributed by atoms with van der Waals surface area (Å²) in [5, 5.41) is 0.666. The number of aromatic nitrogens is 1. The number of amides is 1. The Hall–Kier alpha value is -1.37. The van der Waals surface area contributed by atoms with E-state index in [1.165, 1.54) is 19.3 Å². The van der Waals surface area contributed by atoms with Crippen molar-refractivity contribution in [3.8, 4) is 0 Å². The molecule has 142 valence electrons. The van der Waals surface area contributed by atoms with Crippen molar-refractivity contribution in [1.29, 1.82) is 0 Å². The number of ether oxygens (including phenoxy) is 1. The van der Waals surface area contributed by atoms with Crippen LogP contribution in [0.3, 0.4) is 0 Å². The van der Waals surface area contributed by atoms with Gasteiger partial charge in [-0.15, -0.1) is 0 Å². The van der Waals surface area contributed by atoms with Gasteiger partial charge in [-0.3, -0.25) is 9.69 Å². The molecule has 1 atom stereocenters. The SMILES string of the molecule is O=C([C@@H]1COCCN1CC1CCC1)N1CCN(c2ncccc2Cl)CC1. The quantitative estimate of drug-likeness (QED) is 0.800. The van der Waals surface area contributed by atoms with Crippen LogP contribution in [-0.4, -0.2) is 79.2 Å². The summed E-state index contributed by atoms with van der Waals surface area (Å²) in [6.07, 6.45) is 5.71. The molecule has 0 radical (unpaired) electrons. The fourth-order valence-electron chi connectivity index (χ4n) is 4.05. The maximum atomic E-state index is 13.1. The van der Waals surface area contributed by atoms with Crippen molar-refractivity contribution < 1.29 is 9.53 Å². The predicted octanol–water partition coefficient (Wildman–Crippen LogP) is 1.88. The highest BCUT2D eigenvalue weighted by Gasteiger charge is 2.36. The molecule has 4 rings (SSSR count). The van der Waals surface area contributed by atoms with Crippen LogP contribution in [0.2, 0.25) is 5.02 Å². The molecular weight excluding hydrogens is 352 g/mol. The number of carbonyl (C=O) groups is 1. The summed E-state index contributed by atoms with van der Waals surface area (Å²) in [6.45, 7) is 6.12. The van der Waals surface area contributed by atoms with Crippen LogP contribution in [0, 0.1) is 5.92 Å². The van der Waals surface area contributed by atoms with Gasteiger partial charge in [0.1, 0.15) is 11.9 Å². The van der Waals surface area contributed by atoms with E-state index in [9.17, 15) is 4.79 Å². The molecule has 0 spiro atoms. The first-order valence-electron chi connectivity index (χ1n) is 9.68. The molecule has 26 heavy (non-hydrogen) atoms. The fourth-order valence-corrected chi connectivity index (χ4v) is 4.29. The first kappa shape index (κ1) is 18.0. The van der Waals surface area contributed by atoms with Gasteiger partial charge in [-0.25, -0.2) is 4.98 Å². The Morgan fingerprint density at radius 1 is 1.23 bits per heavy atom. The van der Waals surface area contributed by atoms with E-state index in [2.05, 4.69) is 14.8 Å². The lowest BCUT2D eigenvalue weighted by Gasteiger charge is -2.42. The minimum Gasteiger partial charge on any atom is -0.378 e. The largest absolute Gasteiger partial charge is 0.378 e. The van der Waals surface area contributed by atoms with Gasteiger partial charge in [-0.05, 0) is 30.9 Å². The molecule has 1 aromatic rings. The smallest absolute Gasteiger partial charge is 0.242 e. The second kappa shape index (κ2) is 8.11. The molecule has 1 saturated carbocycles. The molecule has 2 saturated heterocycles. The van der Waals surface area contributed by atoms with E-state index in [-0.39, 0.29) is 11.9 Å². The number of rotatable bonds is 4. The van der Waals surface area contributed by atoms with Crippen molar-refractivity contribution in [1.82, 2.24) is 14.8 Å². The second-order valence-electron chi connectivity index (χ2n) is 7.50. The van der Waals surface area contributed by atoms with Crippen LogP contribution >= 0.6 is 11.6 Å². The minimum atomic E-state index is -0.116. The number of halogens is 1. The Labute approximate surface area is 160 Å². The minimum absolute atomic E-state index is 0.116. The molecule has 7 heteroatoms. The third kappa shape index (κ3) is 3.82. The van der Waals surface area contributed by atoms with E-state index >= 15 is 0 Å². The topological polar surface area (TPSA) is 48.9 Å². The van der Waals surface area contributed by atoms with Crippen molar-refractivity contribution in [2.75, 3.05) is 57.4 Å². The average Bonchev–Trinajstić information content (AvgIpc) is 2.65. The molecule has 1 amide bonds. The number of pyridine rings is 1. The van der Waals surface area contributed by atoms with Crippen molar-refractivity contribution in [2.24, 2.45) is 5.92 Å². The van der Waals surface area contributed by atoms with Gasteiger partial charge in [-0.2, -0.15) is 0 Å². The van der Waals surface area contributed by atoms with Gasteiger partial charge in [0.05, 0.1) is 18.2 Å². The van der Waals surface area contributed by atoms with Crippen LogP contribution in [0.15, 0.2) is 18.3 Å². The number of anilines is 1. The summed E-state index contributed by atoms with van der Waals surface area (Å²) in [5.41, 5.74) is 0. The first-order chi connectivity index (χ1) is 12.7. The Balaban J connectivity index is 1.35. The third-order valence-corrected chi connectivity index (χ3v) is 6.17. The lowest BCUT2D eigenvalue weighted by Crippen LogP contribution is -2.59. The van der Waals surface area contributed by atoms with Crippen LogP contribution in [0.4, 0.5) is 5.82 Å².